The van der Waals surface area contributed by atoms with Gasteiger partial charge >= 0.3 is 11.9 Å². The predicted molar refractivity (Wildman–Crippen MR) is 43.3 cm³/mol. The number of Topliss-reactive ketones (excluding diaryl/α,β-unsaturated/α-hetero) is 1. The highest BCUT2D eigenvalue weighted by Gasteiger charge is 2.20. The number of hydrogen-bond acceptors (Lipinski definition) is 3. The lowest BCUT2D eigenvalue weighted by Gasteiger charge is -2.01. The van der Waals surface area contributed by atoms with Crippen LogP contribution in [0.1, 0.15) is 20.3 Å². The standard InChI is InChI=1S/C8H10O5/c1-3-5(4(2)7(10)11)6(9)8(12)13/h3H2,1-2H3,(H,10,11)(H,12,13)/b5-4+. The first-order valence-corrected chi connectivity index (χ1v) is 3.62. The van der Waals surface area contributed by atoms with Crippen LogP contribution in [0.5, 0.6) is 0 Å². The quantitative estimate of drug-likeness (QED) is 0.491. The molecule has 0 radical (unpaired) electrons. The average molecular weight is 186 g/mol. The Morgan fingerprint density at radius 3 is 1.77 bits per heavy atom. The highest BCUT2D eigenvalue weighted by molar-refractivity contribution is 6.40. The van der Waals surface area contributed by atoms with Crippen molar-refractivity contribution in [3.63, 3.8) is 0 Å². The van der Waals surface area contributed by atoms with Crippen molar-refractivity contribution in [2.45, 2.75) is 20.3 Å². The van der Waals surface area contributed by atoms with Crippen molar-refractivity contribution < 1.29 is 24.6 Å². The summed E-state index contributed by atoms with van der Waals surface area (Å²) in [5.41, 5.74) is -0.380. The van der Waals surface area contributed by atoms with Gasteiger partial charge in [0.1, 0.15) is 0 Å². The van der Waals surface area contributed by atoms with Crippen LogP contribution in [0.4, 0.5) is 0 Å². The third-order valence-corrected chi connectivity index (χ3v) is 1.60. The third-order valence-electron chi connectivity index (χ3n) is 1.60. The van der Waals surface area contributed by atoms with Gasteiger partial charge in [0, 0.05) is 11.1 Å². The molecular weight excluding hydrogens is 176 g/mol. The number of aliphatic carboxylic acids is 2. The number of carbonyl (C=O) groups is 3. The van der Waals surface area contributed by atoms with E-state index in [4.69, 9.17) is 10.2 Å². The molecule has 0 aliphatic heterocycles. The Labute approximate surface area is 74.7 Å². The third kappa shape index (κ3) is 2.70. The van der Waals surface area contributed by atoms with Gasteiger partial charge in [0.05, 0.1) is 0 Å². The largest absolute Gasteiger partial charge is 0.478 e. The molecule has 0 aromatic rings. The monoisotopic (exact) mass is 186 g/mol. The van der Waals surface area contributed by atoms with Crippen LogP contribution >= 0.6 is 0 Å². The highest BCUT2D eigenvalue weighted by Crippen LogP contribution is 2.10. The zero-order chi connectivity index (χ0) is 10.6. The van der Waals surface area contributed by atoms with E-state index in [1.54, 1.807) is 0 Å². The molecule has 0 rings (SSSR count). The van der Waals surface area contributed by atoms with Crippen LogP contribution < -0.4 is 0 Å². The molecule has 0 spiro atoms. The van der Waals surface area contributed by atoms with Crippen molar-refractivity contribution >= 4 is 17.7 Å². The first-order chi connectivity index (χ1) is 5.91. The van der Waals surface area contributed by atoms with Crippen molar-refractivity contribution in [3.8, 4) is 0 Å². The molecule has 0 atom stereocenters. The number of carboxylic acids is 2. The summed E-state index contributed by atoms with van der Waals surface area (Å²) in [4.78, 5) is 31.6. The van der Waals surface area contributed by atoms with E-state index in [2.05, 4.69) is 0 Å². The van der Waals surface area contributed by atoms with E-state index in [1.807, 2.05) is 0 Å². The molecule has 72 valence electrons. The highest BCUT2D eigenvalue weighted by atomic mass is 16.4. The number of carbonyl (C=O) groups excluding carboxylic acids is 1. The number of ketones is 1. The van der Waals surface area contributed by atoms with Gasteiger partial charge in [-0.1, -0.05) is 6.92 Å². The van der Waals surface area contributed by atoms with E-state index in [1.165, 1.54) is 13.8 Å². The minimum Gasteiger partial charge on any atom is -0.478 e. The molecule has 13 heavy (non-hydrogen) atoms. The van der Waals surface area contributed by atoms with Crippen LogP contribution in [0, 0.1) is 0 Å². The lowest BCUT2D eigenvalue weighted by atomic mass is 10.0. The van der Waals surface area contributed by atoms with Crippen LogP contribution in [0.25, 0.3) is 0 Å². The molecule has 0 bridgehead atoms. The Morgan fingerprint density at radius 2 is 1.54 bits per heavy atom. The van der Waals surface area contributed by atoms with Crippen LogP contribution in [0.2, 0.25) is 0 Å². The maximum absolute atomic E-state index is 10.9. The van der Waals surface area contributed by atoms with Crippen molar-refractivity contribution in [3.05, 3.63) is 11.1 Å². The average Bonchev–Trinajstić information content (AvgIpc) is 2.04. The molecule has 5 heteroatoms. The van der Waals surface area contributed by atoms with Gasteiger partial charge in [0.15, 0.2) is 0 Å². The van der Waals surface area contributed by atoms with Crippen molar-refractivity contribution in [1.82, 2.24) is 0 Å². The lowest BCUT2D eigenvalue weighted by molar-refractivity contribution is -0.147. The number of rotatable bonds is 4. The van der Waals surface area contributed by atoms with Gasteiger partial charge in [-0.2, -0.15) is 0 Å². The van der Waals surface area contributed by atoms with Gasteiger partial charge in [-0.15, -0.1) is 0 Å². The Morgan fingerprint density at radius 1 is 1.08 bits per heavy atom. The molecule has 0 aliphatic carbocycles. The fraction of sp³-hybridized carbons (Fsp3) is 0.375. The zero-order valence-electron chi connectivity index (χ0n) is 7.33. The van der Waals surface area contributed by atoms with E-state index >= 15 is 0 Å². The summed E-state index contributed by atoms with van der Waals surface area (Å²) in [5.74, 6) is -4.05. The number of carboxylic acid groups (broad SMARTS) is 2. The molecule has 0 aromatic carbocycles. The summed E-state index contributed by atoms with van der Waals surface area (Å²) in [6.45, 7) is 2.74. The van der Waals surface area contributed by atoms with Gasteiger partial charge in [-0.05, 0) is 13.3 Å². The van der Waals surface area contributed by atoms with Gasteiger partial charge in [0.2, 0.25) is 0 Å². The zero-order valence-corrected chi connectivity index (χ0v) is 7.33. The first-order valence-electron chi connectivity index (χ1n) is 3.62. The second kappa shape index (κ2) is 4.39. The summed E-state index contributed by atoms with van der Waals surface area (Å²) in [6.07, 6.45) is 0.100. The van der Waals surface area contributed by atoms with Gasteiger partial charge in [0.25, 0.3) is 5.78 Å². The summed E-state index contributed by atoms with van der Waals surface area (Å²) in [5, 5.41) is 16.8. The van der Waals surface area contributed by atoms with Crippen LogP contribution in [-0.2, 0) is 14.4 Å². The summed E-state index contributed by atoms with van der Waals surface area (Å²) >= 11 is 0. The molecule has 0 saturated carbocycles. The Hall–Kier alpha value is -1.65. The molecular formula is C8H10O5. The second-order valence-electron chi connectivity index (χ2n) is 2.40. The topological polar surface area (TPSA) is 91.7 Å². The number of hydrogen-bond donors (Lipinski definition) is 2. The van der Waals surface area contributed by atoms with E-state index in [0.29, 0.717) is 0 Å². The van der Waals surface area contributed by atoms with Crippen molar-refractivity contribution in [2.24, 2.45) is 0 Å². The molecule has 0 fully saturated rings. The normalized spacial score (nSPS) is 11.8. The molecule has 0 amide bonds. The molecule has 0 saturated heterocycles. The summed E-state index contributed by atoms with van der Waals surface area (Å²) in [7, 11) is 0. The van der Waals surface area contributed by atoms with E-state index in [-0.39, 0.29) is 17.6 Å². The van der Waals surface area contributed by atoms with Gasteiger partial charge < -0.3 is 10.2 Å². The predicted octanol–water partition coefficient (Wildman–Crippen LogP) is 0.451. The van der Waals surface area contributed by atoms with E-state index in [0.717, 1.165) is 0 Å². The van der Waals surface area contributed by atoms with Gasteiger partial charge in [-0.25, -0.2) is 9.59 Å². The second-order valence-corrected chi connectivity index (χ2v) is 2.40. The minimum atomic E-state index is -1.63. The van der Waals surface area contributed by atoms with Crippen LogP contribution in [0.15, 0.2) is 11.1 Å². The smallest absolute Gasteiger partial charge is 0.376 e. The maximum Gasteiger partial charge on any atom is 0.376 e. The molecule has 5 nitrogen and oxygen atoms in total. The molecule has 2 N–H and O–H groups in total. The Bertz CT molecular complexity index is 287. The van der Waals surface area contributed by atoms with Crippen LogP contribution in [-0.4, -0.2) is 27.9 Å². The van der Waals surface area contributed by atoms with E-state index in [9.17, 15) is 14.4 Å². The summed E-state index contributed by atoms with van der Waals surface area (Å²) < 4.78 is 0. The first kappa shape index (κ1) is 11.4. The fourth-order valence-corrected chi connectivity index (χ4v) is 0.854. The van der Waals surface area contributed by atoms with Gasteiger partial charge in [-0.3, -0.25) is 4.79 Å². The Balaban J connectivity index is 5.11. The fourth-order valence-electron chi connectivity index (χ4n) is 0.854. The minimum absolute atomic E-state index is 0.100. The lowest BCUT2D eigenvalue weighted by Crippen LogP contribution is -2.18. The molecule has 0 heterocycles. The molecule has 0 unspecified atom stereocenters. The Kier molecular flexibility index (Phi) is 3.84. The molecule has 0 aliphatic rings. The molecule has 0 aromatic heterocycles. The van der Waals surface area contributed by atoms with Crippen molar-refractivity contribution in [2.75, 3.05) is 0 Å². The maximum atomic E-state index is 10.9. The van der Waals surface area contributed by atoms with Crippen LogP contribution in [0.3, 0.4) is 0 Å². The SMILES string of the molecule is CC/C(C(=O)C(=O)O)=C(/C)C(=O)O. The summed E-state index contributed by atoms with van der Waals surface area (Å²) in [6, 6.07) is 0. The van der Waals surface area contributed by atoms with Crippen molar-refractivity contribution in [1.29, 1.82) is 0 Å². The van der Waals surface area contributed by atoms with E-state index < -0.39 is 17.7 Å².